The molecule has 3 rings (SSSR count). The zero-order valence-corrected chi connectivity index (χ0v) is 14.7. The molecule has 0 saturated carbocycles. The number of hydrogen-bond donors (Lipinski definition) is 2. The lowest BCUT2D eigenvalue weighted by molar-refractivity contribution is -0.154. The van der Waals surface area contributed by atoms with Crippen LogP contribution in [0.3, 0.4) is 0 Å². The number of amides is 1. The maximum absolute atomic E-state index is 12.3. The van der Waals surface area contributed by atoms with Crippen LogP contribution in [0.2, 0.25) is 0 Å². The van der Waals surface area contributed by atoms with Crippen molar-refractivity contribution < 1.29 is 28.9 Å². The topological polar surface area (TPSA) is 94.1 Å². The quantitative estimate of drug-likeness (QED) is 0.768. The molecule has 0 spiro atoms. The molecule has 2 saturated heterocycles. The number of carbonyl (C=O) groups is 2. The fourth-order valence-corrected chi connectivity index (χ4v) is 3.25. The summed E-state index contributed by atoms with van der Waals surface area (Å²) in [7, 11) is 0. The molecule has 0 bridgehead atoms. The number of aliphatic carboxylic acids is 1. The van der Waals surface area contributed by atoms with Crippen LogP contribution in [0.25, 0.3) is 0 Å². The first-order valence-corrected chi connectivity index (χ1v) is 9.03. The second-order valence-electron chi connectivity index (χ2n) is 6.85. The number of hydrogen-bond acceptors (Lipinski definition) is 5. The van der Waals surface area contributed by atoms with Gasteiger partial charge in [0.25, 0.3) is 5.91 Å². The van der Waals surface area contributed by atoms with Gasteiger partial charge in [-0.25, -0.2) is 0 Å². The SMILES string of the molecule is O=C(NCC1(C(=O)O)CCOCC1)c1ccc(OCC2CCCO2)cc1. The van der Waals surface area contributed by atoms with Crippen LogP contribution in [0.4, 0.5) is 0 Å². The monoisotopic (exact) mass is 363 g/mol. The van der Waals surface area contributed by atoms with E-state index in [1.54, 1.807) is 24.3 Å². The number of carbonyl (C=O) groups excluding carboxylic acids is 1. The highest BCUT2D eigenvalue weighted by Gasteiger charge is 2.40. The molecule has 2 aliphatic rings. The summed E-state index contributed by atoms with van der Waals surface area (Å²) in [6.07, 6.45) is 3.02. The normalized spacial score (nSPS) is 21.9. The van der Waals surface area contributed by atoms with Gasteiger partial charge in [-0.3, -0.25) is 9.59 Å². The van der Waals surface area contributed by atoms with E-state index < -0.39 is 11.4 Å². The first-order valence-electron chi connectivity index (χ1n) is 9.03. The van der Waals surface area contributed by atoms with Gasteiger partial charge in [0.2, 0.25) is 0 Å². The van der Waals surface area contributed by atoms with Crippen molar-refractivity contribution in [3.05, 3.63) is 29.8 Å². The average molecular weight is 363 g/mol. The van der Waals surface area contributed by atoms with Crippen molar-refractivity contribution in [1.29, 1.82) is 0 Å². The highest BCUT2D eigenvalue weighted by Crippen LogP contribution is 2.30. The van der Waals surface area contributed by atoms with Crippen LogP contribution >= 0.6 is 0 Å². The predicted molar refractivity (Wildman–Crippen MR) is 93.4 cm³/mol. The van der Waals surface area contributed by atoms with E-state index in [1.807, 2.05) is 0 Å². The zero-order chi connectivity index (χ0) is 18.4. The Hall–Kier alpha value is -2.12. The molecule has 7 heteroatoms. The lowest BCUT2D eigenvalue weighted by Gasteiger charge is -2.33. The van der Waals surface area contributed by atoms with Crippen LogP contribution < -0.4 is 10.1 Å². The van der Waals surface area contributed by atoms with Crippen molar-refractivity contribution >= 4 is 11.9 Å². The summed E-state index contributed by atoms with van der Waals surface area (Å²) in [5, 5.41) is 12.3. The van der Waals surface area contributed by atoms with E-state index >= 15 is 0 Å². The van der Waals surface area contributed by atoms with Crippen molar-refractivity contribution in [3.8, 4) is 5.75 Å². The number of nitrogens with one attached hydrogen (secondary N) is 1. The Morgan fingerprint density at radius 2 is 1.92 bits per heavy atom. The molecule has 2 aliphatic heterocycles. The fraction of sp³-hybridized carbons (Fsp3) is 0.579. The number of carboxylic acid groups (broad SMARTS) is 1. The Morgan fingerprint density at radius 3 is 2.54 bits per heavy atom. The van der Waals surface area contributed by atoms with E-state index in [0.717, 1.165) is 19.4 Å². The molecule has 0 aromatic heterocycles. The van der Waals surface area contributed by atoms with Crippen molar-refractivity contribution in [2.24, 2.45) is 5.41 Å². The maximum atomic E-state index is 12.3. The number of rotatable bonds is 7. The molecule has 2 heterocycles. The molecular formula is C19H25NO6. The molecule has 26 heavy (non-hydrogen) atoms. The molecule has 142 valence electrons. The minimum atomic E-state index is -0.946. The highest BCUT2D eigenvalue weighted by atomic mass is 16.5. The van der Waals surface area contributed by atoms with Gasteiger partial charge in [-0.1, -0.05) is 0 Å². The van der Waals surface area contributed by atoms with E-state index in [9.17, 15) is 14.7 Å². The van der Waals surface area contributed by atoms with Gasteiger partial charge >= 0.3 is 5.97 Å². The van der Waals surface area contributed by atoms with Crippen LogP contribution in [-0.4, -0.2) is 56.1 Å². The first kappa shape index (κ1) is 18.7. The first-order chi connectivity index (χ1) is 12.6. The summed E-state index contributed by atoms with van der Waals surface area (Å²) in [5.41, 5.74) is -0.472. The molecule has 7 nitrogen and oxygen atoms in total. The average Bonchev–Trinajstić information content (AvgIpc) is 3.19. The Kier molecular flexibility index (Phi) is 6.11. The van der Waals surface area contributed by atoms with E-state index in [1.165, 1.54) is 0 Å². The van der Waals surface area contributed by atoms with Gasteiger partial charge in [0.05, 0.1) is 11.5 Å². The third kappa shape index (κ3) is 4.53. The van der Waals surface area contributed by atoms with Gasteiger partial charge in [0.15, 0.2) is 0 Å². The molecule has 2 N–H and O–H groups in total. The fourth-order valence-electron chi connectivity index (χ4n) is 3.25. The Bertz CT molecular complexity index is 617. The standard InChI is InChI=1S/C19H25NO6/c21-17(20-13-19(18(22)23)7-10-24-11-8-19)14-3-5-15(6-4-14)26-12-16-2-1-9-25-16/h3-6,16H,1-2,7-13H2,(H,20,21)(H,22,23). The van der Waals surface area contributed by atoms with Gasteiger partial charge in [-0.2, -0.15) is 0 Å². The van der Waals surface area contributed by atoms with Gasteiger partial charge in [0, 0.05) is 31.9 Å². The van der Waals surface area contributed by atoms with Gasteiger partial charge in [-0.05, 0) is 49.9 Å². The summed E-state index contributed by atoms with van der Waals surface area (Å²) in [5.74, 6) is -0.495. The summed E-state index contributed by atoms with van der Waals surface area (Å²) in [6, 6.07) is 6.84. The minimum absolute atomic E-state index is 0.0990. The third-order valence-electron chi connectivity index (χ3n) is 5.07. The molecule has 1 unspecified atom stereocenters. The zero-order valence-electron chi connectivity index (χ0n) is 14.7. The van der Waals surface area contributed by atoms with Crippen LogP contribution in [0.15, 0.2) is 24.3 Å². The lowest BCUT2D eigenvalue weighted by atomic mass is 9.80. The third-order valence-corrected chi connectivity index (χ3v) is 5.07. The van der Waals surface area contributed by atoms with E-state index in [4.69, 9.17) is 14.2 Å². The molecule has 1 amide bonds. The lowest BCUT2D eigenvalue weighted by Crippen LogP contribution is -2.46. The second kappa shape index (κ2) is 8.51. The second-order valence-corrected chi connectivity index (χ2v) is 6.85. The van der Waals surface area contributed by atoms with Gasteiger partial charge in [0.1, 0.15) is 12.4 Å². The highest BCUT2D eigenvalue weighted by molar-refractivity contribution is 5.94. The largest absolute Gasteiger partial charge is 0.491 e. The minimum Gasteiger partial charge on any atom is -0.491 e. The summed E-state index contributed by atoms with van der Waals surface area (Å²) in [6.45, 7) is 2.20. The molecule has 0 aliphatic carbocycles. The molecule has 1 atom stereocenters. The van der Waals surface area contributed by atoms with Crippen molar-refractivity contribution in [2.75, 3.05) is 33.0 Å². The van der Waals surface area contributed by atoms with Crippen molar-refractivity contribution in [3.63, 3.8) is 0 Å². The molecule has 2 fully saturated rings. The molecule has 0 radical (unpaired) electrons. The van der Waals surface area contributed by atoms with Crippen molar-refractivity contribution in [1.82, 2.24) is 5.32 Å². The summed E-state index contributed by atoms with van der Waals surface area (Å²) in [4.78, 5) is 24.0. The molecule has 1 aromatic carbocycles. The van der Waals surface area contributed by atoms with Gasteiger partial charge in [-0.15, -0.1) is 0 Å². The van der Waals surface area contributed by atoms with Crippen molar-refractivity contribution in [2.45, 2.75) is 31.8 Å². The van der Waals surface area contributed by atoms with Crippen LogP contribution in [0.5, 0.6) is 5.75 Å². The molecule has 1 aromatic rings. The predicted octanol–water partition coefficient (Wildman–Crippen LogP) is 1.86. The van der Waals surface area contributed by atoms with E-state index in [0.29, 0.717) is 44.0 Å². The maximum Gasteiger partial charge on any atom is 0.311 e. The Morgan fingerprint density at radius 1 is 1.19 bits per heavy atom. The Labute approximate surface area is 152 Å². The summed E-state index contributed by atoms with van der Waals surface area (Å²) >= 11 is 0. The number of benzene rings is 1. The van der Waals surface area contributed by atoms with Crippen LogP contribution in [-0.2, 0) is 14.3 Å². The van der Waals surface area contributed by atoms with E-state index in [2.05, 4.69) is 5.32 Å². The number of carboxylic acids is 1. The smallest absolute Gasteiger partial charge is 0.311 e. The van der Waals surface area contributed by atoms with Crippen LogP contribution in [0, 0.1) is 5.41 Å². The Balaban J connectivity index is 1.51. The summed E-state index contributed by atoms with van der Waals surface area (Å²) < 4.78 is 16.4. The van der Waals surface area contributed by atoms with Gasteiger partial charge < -0.3 is 24.6 Å². The van der Waals surface area contributed by atoms with E-state index in [-0.39, 0.29) is 18.6 Å². The molecular weight excluding hydrogens is 338 g/mol. The number of ether oxygens (including phenoxy) is 3. The van der Waals surface area contributed by atoms with Crippen LogP contribution in [0.1, 0.15) is 36.0 Å².